The van der Waals surface area contributed by atoms with Crippen LogP contribution in [0.1, 0.15) is 146 Å². The maximum Gasteiger partial charge on any atom is 1.00 e. The monoisotopic (exact) mass is 909 g/mol. The van der Waals surface area contributed by atoms with E-state index in [1.807, 2.05) is 0 Å². The maximum atomic E-state index is 13.4. The van der Waals surface area contributed by atoms with Gasteiger partial charge in [-0.15, -0.1) is 0 Å². The summed E-state index contributed by atoms with van der Waals surface area (Å²) >= 11 is 0. The second kappa shape index (κ2) is 33.9. The number of hydrogen-bond acceptors (Lipinski definition) is 15. The Balaban J connectivity index is 0.0000174. The maximum absolute atomic E-state index is 13.4. The molecule has 16 nitrogen and oxygen atoms in total. The van der Waals surface area contributed by atoms with Crippen LogP contribution in [0.4, 0.5) is 0 Å². The molecule has 334 valence electrons. The molecule has 2 rings (SSSR count). The largest absolute Gasteiger partial charge is 1.00 e. The fourth-order valence-electron chi connectivity index (χ4n) is 6.51. The Morgan fingerprint density at radius 1 is 0.783 bits per heavy atom. The van der Waals surface area contributed by atoms with Crippen molar-refractivity contribution in [1.82, 2.24) is 5.32 Å². The van der Waals surface area contributed by atoms with E-state index in [-0.39, 0.29) is 71.1 Å². The molecule has 3 N–H and O–H groups in total. The van der Waals surface area contributed by atoms with Gasteiger partial charge in [0.15, 0.2) is 12.4 Å². The van der Waals surface area contributed by atoms with E-state index in [1.54, 1.807) is 42.5 Å². The smallest absolute Gasteiger partial charge is 0.726 e. The van der Waals surface area contributed by atoms with E-state index in [1.165, 1.54) is 51.4 Å². The molecule has 1 aliphatic heterocycles. The summed E-state index contributed by atoms with van der Waals surface area (Å²) in [5.41, 5.74) is 0.222. The number of ether oxygens (including phenoxy) is 3. The predicted octanol–water partition coefficient (Wildman–Crippen LogP) is -0.502. The number of esters is 1. The van der Waals surface area contributed by atoms with Crippen molar-refractivity contribution in [2.75, 3.05) is 13.2 Å². The van der Waals surface area contributed by atoms with E-state index in [0.717, 1.165) is 51.4 Å². The van der Waals surface area contributed by atoms with Gasteiger partial charge in [-0.3, -0.25) is 13.2 Å². The summed E-state index contributed by atoms with van der Waals surface area (Å²) in [4.78, 5) is 26.7. The first kappa shape index (κ1) is 59.5. The van der Waals surface area contributed by atoms with Crippen molar-refractivity contribution in [2.24, 2.45) is 0 Å². The van der Waals surface area contributed by atoms with Crippen LogP contribution in [0.25, 0.3) is 0 Å². The van der Waals surface area contributed by atoms with Gasteiger partial charge in [0.05, 0.1) is 24.8 Å². The number of rotatable bonds is 32. The first-order valence-electron chi connectivity index (χ1n) is 20.7. The molecule has 1 aliphatic rings. The molecule has 1 fully saturated rings. The van der Waals surface area contributed by atoms with Crippen molar-refractivity contribution in [1.29, 1.82) is 0 Å². The van der Waals surface area contributed by atoms with Crippen LogP contribution in [0.3, 0.4) is 0 Å². The summed E-state index contributed by atoms with van der Waals surface area (Å²) in [6.07, 6.45) is 11.2. The Morgan fingerprint density at radius 2 is 1.32 bits per heavy atom. The first-order valence-corrected chi connectivity index (χ1v) is 23.4. The molecule has 0 radical (unpaired) electrons. The molecule has 1 saturated heterocycles. The zero-order chi connectivity index (χ0) is 42.8. The van der Waals surface area contributed by atoms with Gasteiger partial charge in [0.25, 0.3) is 0 Å². The van der Waals surface area contributed by atoms with Crippen LogP contribution in [0.2, 0.25) is 0 Å². The molecule has 20 heteroatoms. The number of carbonyl (C=O) groups excluding carboxylic acids is 2. The van der Waals surface area contributed by atoms with Gasteiger partial charge < -0.3 is 38.8 Å². The minimum absolute atomic E-state index is 0. The fourth-order valence-corrected chi connectivity index (χ4v) is 7.28. The molecule has 0 bridgehead atoms. The number of nitrogens with one attached hydrogen (secondary N) is 1. The first-order chi connectivity index (χ1) is 27.6. The van der Waals surface area contributed by atoms with E-state index >= 15 is 0 Å². The van der Waals surface area contributed by atoms with Gasteiger partial charge in [-0.1, -0.05) is 134 Å². The van der Waals surface area contributed by atoms with Crippen LogP contribution >= 0.6 is 0 Å². The van der Waals surface area contributed by atoms with Crippen molar-refractivity contribution in [3.8, 4) is 0 Å². The Morgan fingerprint density at radius 3 is 1.85 bits per heavy atom. The van der Waals surface area contributed by atoms with Gasteiger partial charge in [0.1, 0.15) is 24.4 Å². The molecule has 0 saturated carbocycles. The van der Waals surface area contributed by atoms with Crippen molar-refractivity contribution in [3.63, 3.8) is 0 Å². The molecule has 0 spiro atoms. The predicted molar refractivity (Wildman–Crippen MR) is 213 cm³/mol. The van der Waals surface area contributed by atoms with E-state index in [2.05, 4.69) is 27.5 Å². The summed E-state index contributed by atoms with van der Waals surface area (Å²) in [5, 5.41) is 24.0. The molecular weight excluding hydrogens is 845 g/mol. The number of benzene rings is 1. The fraction of sp³-hybridized carbons (Fsp3) is 0.750. The molecule has 7 atom stereocenters. The van der Waals surface area contributed by atoms with Crippen LogP contribution in [0.15, 0.2) is 42.5 Å². The SMILES string of the molecule is CCCCCC/C=C/[C@@H](OC(=O)c1ccccc1)[C@H](CO[C@@H]1O[C@H](COS(=O)(=O)[O-])[C@H](O)[C@H](O)[C@H]1OS(=O)(=O)[O-])NC(=O)CCCCCCCCCCCCCCC.[Na+].[Na+]. The average molecular weight is 910 g/mol. The van der Waals surface area contributed by atoms with Gasteiger partial charge in [-0.25, -0.2) is 21.6 Å². The Labute approximate surface area is 402 Å². The third kappa shape index (κ3) is 27.0. The Bertz CT molecular complexity index is 1540. The van der Waals surface area contributed by atoms with Gasteiger partial charge in [-0.05, 0) is 37.5 Å². The molecule has 1 aromatic rings. The number of allylic oxidation sites excluding steroid dienone is 1. The minimum atomic E-state index is -5.54. The third-order valence-corrected chi connectivity index (χ3v) is 10.6. The summed E-state index contributed by atoms with van der Waals surface area (Å²) < 4.78 is 93.9. The van der Waals surface area contributed by atoms with Gasteiger partial charge in [0, 0.05) is 6.42 Å². The zero-order valence-corrected chi connectivity index (χ0v) is 41.6. The van der Waals surface area contributed by atoms with Gasteiger partial charge in [-0.2, -0.15) is 0 Å². The van der Waals surface area contributed by atoms with Crippen molar-refractivity contribution in [3.05, 3.63) is 48.0 Å². The van der Waals surface area contributed by atoms with Crippen LogP contribution < -0.4 is 64.4 Å². The number of unbranched alkanes of at least 4 members (excludes halogenated alkanes) is 16. The van der Waals surface area contributed by atoms with Gasteiger partial charge in [0.2, 0.25) is 26.7 Å². The van der Waals surface area contributed by atoms with E-state index in [9.17, 15) is 45.7 Å². The normalized spacial score (nSPS) is 20.5. The average Bonchev–Trinajstić information content (AvgIpc) is 3.17. The quantitative estimate of drug-likeness (QED) is 0.0206. The Hall–Kier alpha value is -0.520. The minimum Gasteiger partial charge on any atom is -0.726 e. The number of carbonyl (C=O) groups is 2. The van der Waals surface area contributed by atoms with Gasteiger partial charge >= 0.3 is 65.1 Å². The molecule has 1 aromatic carbocycles. The van der Waals surface area contributed by atoms with Crippen LogP contribution in [-0.2, 0) is 48.2 Å². The van der Waals surface area contributed by atoms with Crippen molar-refractivity contribution in [2.45, 2.75) is 179 Å². The molecule has 0 aromatic heterocycles. The summed E-state index contributed by atoms with van der Waals surface area (Å²) in [7, 11) is -10.8. The second-order valence-electron chi connectivity index (χ2n) is 14.7. The third-order valence-electron chi connectivity index (χ3n) is 9.74. The Kier molecular flexibility index (Phi) is 33.6. The molecular formula is C40H65NNa2O15S2. The molecule has 1 amide bonds. The van der Waals surface area contributed by atoms with Crippen LogP contribution in [0, 0.1) is 0 Å². The number of hydrogen-bond donors (Lipinski definition) is 3. The second-order valence-corrected chi connectivity index (χ2v) is 16.8. The topological polar surface area (TPSA) is 247 Å². The van der Waals surface area contributed by atoms with Crippen molar-refractivity contribution < 1.29 is 127 Å². The van der Waals surface area contributed by atoms with E-state index < -0.39 is 88.7 Å². The summed E-state index contributed by atoms with van der Waals surface area (Å²) in [6.45, 7) is 2.58. The number of aliphatic hydroxyl groups excluding tert-OH is 2. The zero-order valence-electron chi connectivity index (χ0n) is 36.0. The number of aliphatic hydroxyl groups is 2. The molecule has 0 unspecified atom stereocenters. The van der Waals surface area contributed by atoms with Crippen molar-refractivity contribution >= 4 is 32.7 Å². The summed E-state index contributed by atoms with van der Waals surface area (Å²) in [5.74, 6) is -1.13. The standard InChI is InChI=1S/C40H67NO15S2.2Na/c1-3-5-7-9-11-12-13-14-15-16-17-19-24-28-35(42)41-32(33(27-23-18-10-8-6-4-2)54-39(45)31-25-21-20-22-26-31)29-52-40-38(56-58(49,50)51)37(44)36(43)34(55-40)30-53-57(46,47)48;;/h20-23,25-27,32-34,36-38,40,43-44H,3-19,24,28-30H2,1-2H3,(H,41,42)(H,46,47,48)(H,49,50,51);;/q;2*+1/p-2/b27-23+;;/t32-,33+,34+,36-,37-,38+,40+;;/m0../s1. The molecule has 0 aliphatic carbocycles. The van der Waals surface area contributed by atoms with E-state index in [4.69, 9.17) is 14.2 Å². The number of amides is 1. The van der Waals surface area contributed by atoms with Crippen LogP contribution in [-0.4, -0.2) is 104 Å². The molecule has 1 heterocycles. The van der Waals surface area contributed by atoms with Crippen LogP contribution in [0.5, 0.6) is 0 Å². The molecule has 60 heavy (non-hydrogen) atoms. The van der Waals surface area contributed by atoms with E-state index in [0.29, 0.717) is 12.8 Å². The summed E-state index contributed by atoms with van der Waals surface area (Å²) in [6, 6.07) is 6.95.